The molecule has 3 aliphatic rings. The Morgan fingerprint density at radius 2 is 1.55 bits per heavy atom. The van der Waals surface area contributed by atoms with Gasteiger partial charge in [0.2, 0.25) is 0 Å². The van der Waals surface area contributed by atoms with Crippen molar-refractivity contribution in [1.29, 1.82) is 0 Å². The van der Waals surface area contributed by atoms with E-state index in [-0.39, 0.29) is 24.4 Å². The molecule has 114 valence electrons. The minimum Gasteiger partial charge on any atom is -0.344 e. The molecule has 5 atom stereocenters. The molecule has 0 aromatic carbocycles. The minimum absolute atomic E-state index is 0.268. The molecule has 3 rings (SSSR count). The van der Waals surface area contributed by atoms with Crippen molar-refractivity contribution >= 4 is 0 Å². The van der Waals surface area contributed by atoms with E-state index in [1.807, 2.05) is 32.9 Å². The topological polar surface area (TPSA) is 94.5 Å². The van der Waals surface area contributed by atoms with Crippen molar-refractivity contribution in [2.75, 3.05) is 6.54 Å². The van der Waals surface area contributed by atoms with Gasteiger partial charge in [0.05, 0.1) is 6.10 Å². The van der Waals surface area contributed by atoms with Gasteiger partial charge in [0.1, 0.15) is 18.3 Å². The zero-order chi connectivity index (χ0) is 14.5. The fraction of sp³-hybridized carbons (Fsp3) is 1.00. The van der Waals surface area contributed by atoms with E-state index in [9.17, 15) is 0 Å². The van der Waals surface area contributed by atoms with Crippen LogP contribution in [0.2, 0.25) is 0 Å². The molecule has 3 heterocycles. The van der Waals surface area contributed by atoms with E-state index < -0.39 is 17.9 Å². The molecule has 0 amide bonds. The Labute approximate surface area is 117 Å². The SMILES string of the molecule is CC1(C)OC2OC(CN[NH+]=[N-])C3OC(C)(C)OC3C2O1. The predicted molar refractivity (Wildman–Crippen MR) is 64.8 cm³/mol. The Morgan fingerprint density at radius 1 is 0.950 bits per heavy atom. The Hall–Kier alpha value is -0.800. The lowest BCUT2D eigenvalue weighted by Gasteiger charge is -2.37. The number of nitrogens with zero attached hydrogens (tertiary/aromatic N) is 1. The average molecular weight is 287 g/mol. The van der Waals surface area contributed by atoms with Gasteiger partial charge < -0.3 is 23.7 Å². The highest BCUT2D eigenvalue weighted by Gasteiger charge is 2.60. The molecule has 0 spiro atoms. The molecule has 0 bridgehead atoms. The number of hydrogen-bond donors (Lipinski definition) is 2. The van der Waals surface area contributed by atoms with Crippen LogP contribution in [0.5, 0.6) is 0 Å². The maximum Gasteiger partial charge on any atom is 0.190 e. The molecular formula is C12H21N3O5. The molecule has 0 aromatic heterocycles. The second kappa shape index (κ2) is 4.60. The summed E-state index contributed by atoms with van der Waals surface area (Å²) in [5.41, 5.74) is 11.3. The summed E-state index contributed by atoms with van der Waals surface area (Å²) in [6.45, 7) is 7.75. The predicted octanol–water partition coefficient (Wildman–Crippen LogP) is -1.01. The van der Waals surface area contributed by atoms with E-state index in [1.54, 1.807) is 0 Å². The van der Waals surface area contributed by atoms with Gasteiger partial charge in [-0.3, -0.25) is 5.43 Å². The first-order valence-corrected chi connectivity index (χ1v) is 6.80. The number of hydrazine groups is 1. The molecule has 0 aliphatic carbocycles. The fourth-order valence-electron chi connectivity index (χ4n) is 3.00. The Morgan fingerprint density at radius 3 is 2.25 bits per heavy atom. The number of rotatable bonds is 3. The highest BCUT2D eigenvalue weighted by atomic mass is 16.9. The summed E-state index contributed by atoms with van der Waals surface area (Å²) in [6, 6.07) is 0. The van der Waals surface area contributed by atoms with Gasteiger partial charge in [-0.05, 0) is 27.7 Å². The summed E-state index contributed by atoms with van der Waals surface area (Å²) in [5.74, 6) is -1.41. The highest BCUT2D eigenvalue weighted by Crippen LogP contribution is 2.43. The smallest absolute Gasteiger partial charge is 0.190 e. The Kier molecular flexibility index (Phi) is 3.26. The van der Waals surface area contributed by atoms with Crippen LogP contribution in [0.3, 0.4) is 0 Å². The van der Waals surface area contributed by atoms with Crippen molar-refractivity contribution in [3.05, 3.63) is 5.53 Å². The van der Waals surface area contributed by atoms with Gasteiger partial charge in [-0.1, -0.05) is 0 Å². The van der Waals surface area contributed by atoms with E-state index in [4.69, 9.17) is 29.2 Å². The molecule has 5 unspecified atom stereocenters. The molecular weight excluding hydrogens is 266 g/mol. The van der Waals surface area contributed by atoms with Crippen molar-refractivity contribution in [2.45, 2.75) is 70.0 Å². The summed E-state index contributed by atoms with van der Waals surface area (Å²) in [7, 11) is 0. The van der Waals surface area contributed by atoms with Crippen LogP contribution in [0.4, 0.5) is 0 Å². The van der Waals surface area contributed by atoms with Gasteiger partial charge in [0, 0.05) is 6.54 Å². The van der Waals surface area contributed by atoms with Gasteiger partial charge >= 0.3 is 0 Å². The molecule has 2 N–H and O–H groups in total. The van der Waals surface area contributed by atoms with Crippen molar-refractivity contribution < 1.29 is 28.9 Å². The second-order valence-electron chi connectivity index (χ2n) is 6.20. The molecule has 8 heteroatoms. The van der Waals surface area contributed by atoms with Crippen LogP contribution in [0, 0.1) is 0 Å². The van der Waals surface area contributed by atoms with Crippen molar-refractivity contribution in [3.63, 3.8) is 0 Å². The first kappa shape index (κ1) is 14.2. The van der Waals surface area contributed by atoms with Crippen LogP contribution in [-0.2, 0) is 23.7 Å². The Bertz CT molecular complexity index is 403. The first-order chi connectivity index (χ1) is 9.31. The molecule has 0 radical (unpaired) electrons. The molecule has 20 heavy (non-hydrogen) atoms. The average Bonchev–Trinajstić information content (AvgIpc) is 2.80. The number of hydrogen-bond acceptors (Lipinski definition) is 5. The van der Waals surface area contributed by atoms with Crippen LogP contribution >= 0.6 is 0 Å². The second-order valence-corrected chi connectivity index (χ2v) is 6.20. The molecule has 3 fully saturated rings. The third-order valence-corrected chi connectivity index (χ3v) is 3.63. The van der Waals surface area contributed by atoms with E-state index in [1.165, 1.54) is 0 Å². The monoisotopic (exact) mass is 287 g/mol. The molecule has 0 saturated carbocycles. The standard InChI is InChI=1S/C12H21N3O5/c1-11(2)17-7-6(5-14-15-13)16-10-9(8(7)18-11)19-12(3,4)20-10/h6-10,15H,5H2,1-4H3,(H-,13,14). The summed E-state index contributed by atoms with van der Waals surface area (Å²) in [4.78, 5) is 0. The third kappa shape index (κ3) is 2.42. The van der Waals surface area contributed by atoms with Crippen LogP contribution in [-0.4, -0.2) is 48.8 Å². The Balaban J connectivity index is 1.82. The van der Waals surface area contributed by atoms with Crippen molar-refractivity contribution in [1.82, 2.24) is 5.43 Å². The first-order valence-electron chi connectivity index (χ1n) is 6.80. The summed E-state index contributed by atoms with van der Waals surface area (Å²) < 4.78 is 29.4. The summed E-state index contributed by atoms with van der Waals surface area (Å²) in [5, 5.41) is 1.89. The van der Waals surface area contributed by atoms with Gasteiger partial charge in [-0.2, -0.15) is 10.8 Å². The van der Waals surface area contributed by atoms with Crippen LogP contribution in [0.25, 0.3) is 5.53 Å². The van der Waals surface area contributed by atoms with E-state index >= 15 is 0 Å². The largest absolute Gasteiger partial charge is 0.344 e. The molecule has 0 aromatic rings. The lowest BCUT2D eigenvalue weighted by Crippen LogP contribution is -2.77. The summed E-state index contributed by atoms with van der Waals surface area (Å²) >= 11 is 0. The molecule has 3 saturated heterocycles. The quantitative estimate of drug-likeness (QED) is 0.510. The minimum atomic E-state index is -0.715. The van der Waals surface area contributed by atoms with Gasteiger partial charge in [-0.15, -0.1) is 0 Å². The molecule has 8 nitrogen and oxygen atoms in total. The molecule has 3 aliphatic heterocycles. The summed E-state index contributed by atoms with van der Waals surface area (Å²) in [6.07, 6.45) is -1.70. The zero-order valence-corrected chi connectivity index (χ0v) is 12.1. The highest BCUT2D eigenvalue weighted by molar-refractivity contribution is 5.00. The van der Waals surface area contributed by atoms with Gasteiger partial charge in [0.15, 0.2) is 17.9 Å². The van der Waals surface area contributed by atoms with Gasteiger partial charge in [0.25, 0.3) is 0 Å². The lowest BCUT2D eigenvalue weighted by molar-refractivity contribution is -0.551. The maximum atomic E-state index is 8.67. The third-order valence-electron chi connectivity index (χ3n) is 3.63. The number of nitrogens with one attached hydrogen (secondary N) is 2. The zero-order valence-electron chi connectivity index (χ0n) is 12.1. The normalized spacial score (nSPS) is 44.7. The van der Waals surface area contributed by atoms with Crippen molar-refractivity contribution in [3.8, 4) is 0 Å². The van der Waals surface area contributed by atoms with Gasteiger partial charge in [-0.25, -0.2) is 0 Å². The fourth-order valence-corrected chi connectivity index (χ4v) is 3.00. The van der Waals surface area contributed by atoms with Crippen molar-refractivity contribution in [2.24, 2.45) is 0 Å². The number of fused-ring (bicyclic) bond motifs is 3. The van der Waals surface area contributed by atoms with Crippen LogP contribution in [0.15, 0.2) is 0 Å². The number of ether oxygens (including phenoxy) is 5. The van der Waals surface area contributed by atoms with Crippen LogP contribution in [0.1, 0.15) is 27.7 Å². The lowest BCUT2D eigenvalue weighted by atomic mass is 9.99. The van der Waals surface area contributed by atoms with E-state index in [2.05, 4.69) is 5.43 Å². The maximum absolute atomic E-state index is 8.67. The van der Waals surface area contributed by atoms with E-state index in [0.29, 0.717) is 6.54 Å². The van der Waals surface area contributed by atoms with Crippen LogP contribution < -0.4 is 10.6 Å². The van der Waals surface area contributed by atoms with E-state index in [0.717, 1.165) is 0 Å².